The molecule has 3 atom stereocenters. The molecule has 5 rings (SSSR count). The number of amides is 2. The minimum Gasteiger partial charge on any atom is -0.459 e. The van der Waals surface area contributed by atoms with E-state index in [0.717, 1.165) is 16.7 Å². The van der Waals surface area contributed by atoms with E-state index in [1.807, 2.05) is 72.8 Å². The first-order valence-electron chi connectivity index (χ1n) is 12.5. The third-order valence-corrected chi connectivity index (χ3v) is 6.90. The van der Waals surface area contributed by atoms with Crippen LogP contribution in [0.1, 0.15) is 42.4 Å². The zero-order valence-electron chi connectivity index (χ0n) is 21.0. The number of para-hydroxylation sites is 1. The van der Waals surface area contributed by atoms with Crippen molar-refractivity contribution < 1.29 is 28.7 Å². The Balaban J connectivity index is 1.46. The van der Waals surface area contributed by atoms with E-state index in [9.17, 15) is 19.2 Å². The van der Waals surface area contributed by atoms with Crippen LogP contribution in [0.3, 0.4) is 0 Å². The summed E-state index contributed by atoms with van der Waals surface area (Å²) in [4.78, 5) is 54.9. The van der Waals surface area contributed by atoms with Gasteiger partial charge in [-0.15, -0.1) is 0 Å². The van der Waals surface area contributed by atoms with Crippen molar-refractivity contribution in [2.75, 3.05) is 4.90 Å². The van der Waals surface area contributed by atoms with Gasteiger partial charge in [-0.05, 0) is 36.1 Å². The Kier molecular flexibility index (Phi) is 7.22. The van der Waals surface area contributed by atoms with Gasteiger partial charge in [0.05, 0.1) is 6.42 Å². The van der Waals surface area contributed by atoms with Gasteiger partial charge < -0.3 is 9.47 Å². The molecule has 0 saturated carbocycles. The topological polar surface area (TPSA) is 93.2 Å². The Bertz CT molecular complexity index is 1340. The first kappa shape index (κ1) is 25.2. The van der Waals surface area contributed by atoms with Gasteiger partial charge in [-0.2, -0.15) is 0 Å². The highest BCUT2D eigenvalue weighted by atomic mass is 16.6. The maximum atomic E-state index is 13.6. The first-order chi connectivity index (χ1) is 18.4. The Morgan fingerprint density at radius 3 is 2.00 bits per heavy atom. The summed E-state index contributed by atoms with van der Waals surface area (Å²) >= 11 is 0. The van der Waals surface area contributed by atoms with Gasteiger partial charge in [0.2, 0.25) is 5.91 Å². The molecule has 0 spiro atoms. The lowest BCUT2D eigenvalue weighted by Gasteiger charge is -2.34. The lowest BCUT2D eigenvalue weighted by atomic mass is 9.96. The third-order valence-electron chi connectivity index (χ3n) is 6.90. The van der Waals surface area contributed by atoms with Crippen LogP contribution in [0.15, 0.2) is 84.9 Å². The number of anilines is 1. The van der Waals surface area contributed by atoms with E-state index >= 15 is 0 Å². The average molecular weight is 513 g/mol. The second-order valence-electron chi connectivity index (χ2n) is 9.51. The summed E-state index contributed by atoms with van der Waals surface area (Å²) in [6.07, 6.45) is -1.58. The molecule has 194 valence electrons. The van der Waals surface area contributed by atoms with E-state index in [1.54, 1.807) is 12.1 Å². The summed E-state index contributed by atoms with van der Waals surface area (Å²) in [5.74, 6) is -1.63. The van der Waals surface area contributed by atoms with Crippen molar-refractivity contribution in [3.8, 4) is 0 Å². The normalized spacial score (nSPS) is 19.4. The summed E-state index contributed by atoms with van der Waals surface area (Å²) < 4.78 is 11.3. The quantitative estimate of drug-likeness (QED) is 0.340. The van der Waals surface area contributed by atoms with Crippen LogP contribution >= 0.6 is 0 Å². The predicted octanol–water partition coefficient (Wildman–Crippen LogP) is 4.58. The Hall–Kier alpha value is -4.46. The molecule has 0 aliphatic carbocycles. The summed E-state index contributed by atoms with van der Waals surface area (Å²) in [5, 5.41) is 0. The number of ketones is 1. The molecule has 38 heavy (non-hydrogen) atoms. The number of fused-ring (bicyclic) bond motifs is 3. The molecule has 3 aromatic rings. The van der Waals surface area contributed by atoms with Gasteiger partial charge >= 0.3 is 12.1 Å². The van der Waals surface area contributed by atoms with Crippen molar-refractivity contribution >= 4 is 29.4 Å². The van der Waals surface area contributed by atoms with Crippen LogP contribution in [0.2, 0.25) is 0 Å². The highest BCUT2D eigenvalue weighted by Gasteiger charge is 2.57. The fraction of sp³-hybridized carbons (Fsp3) is 0.267. The monoisotopic (exact) mass is 512 g/mol. The number of Topliss-reactive ketones (excluding diaryl/α,β-unsaturated/α-hetero) is 1. The lowest BCUT2D eigenvalue weighted by molar-refractivity contribution is -0.150. The summed E-state index contributed by atoms with van der Waals surface area (Å²) in [5.41, 5.74) is 3.08. The summed E-state index contributed by atoms with van der Waals surface area (Å²) in [6.45, 7) is 1.41. The van der Waals surface area contributed by atoms with Gasteiger partial charge in [-0.3, -0.25) is 19.4 Å². The number of carbonyl (C=O) groups is 4. The van der Waals surface area contributed by atoms with Crippen molar-refractivity contribution in [2.24, 2.45) is 0 Å². The van der Waals surface area contributed by atoms with Gasteiger partial charge in [0.15, 0.2) is 0 Å². The molecule has 2 amide bonds. The molecule has 2 aliphatic heterocycles. The molecule has 0 bridgehead atoms. The maximum Gasteiger partial charge on any atom is 0.412 e. The number of esters is 1. The van der Waals surface area contributed by atoms with Gasteiger partial charge in [0.1, 0.15) is 31.2 Å². The molecule has 2 heterocycles. The van der Waals surface area contributed by atoms with Gasteiger partial charge in [0.25, 0.3) is 0 Å². The Morgan fingerprint density at radius 1 is 0.789 bits per heavy atom. The number of rotatable bonds is 7. The number of nitrogens with zero attached hydrogens (tertiary/aromatic N) is 2. The van der Waals surface area contributed by atoms with Crippen molar-refractivity contribution in [3.63, 3.8) is 0 Å². The number of hydrogen-bond donors (Lipinski definition) is 0. The average Bonchev–Trinajstić information content (AvgIpc) is 3.46. The molecule has 2 aliphatic rings. The van der Waals surface area contributed by atoms with E-state index in [0.29, 0.717) is 5.69 Å². The maximum absolute atomic E-state index is 13.6. The molecule has 1 fully saturated rings. The van der Waals surface area contributed by atoms with Crippen LogP contribution in [0.4, 0.5) is 10.5 Å². The second kappa shape index (κ2) is 10.9. The number of benzene rings is 3. The third kappa shape index (κ3) is 5.02. The number of hydrogen-bond acceptors (Lipinski definition) is 6. The molecule has 0 aromatic heterocycles. The minimum absolute atomic E-state index is 0.00762. The standard InChI is InChI=1S/C30H28N2O6/c1-20(33)16-27(34)31-25-15-9-8-14-23(25)24-17-26(29(35)37-18-21-10-4-2-5-11-21)32(28(24)31)30(36)38-19-22-12-6-3-7-13-22/h2-15,24,26,28H,16-19H2,1H3/t24-,26+,28-/m1/s1. The highest BCUT2D eigenvalue weighted by molar-refractivity contribution is 6.07. The smallest absolute Gasteiger partial charge is 0.412 e. The van der Waals surface area contributed by atoms with Crippen LogP contribution in [0.5, 0.6) is 0 Å². The van der Waals surface area contributed by atoms with E-state index in [-0.39, 0.29) is 37.8 Å². The van der Waals surface area contributed by atoms with E-state index in [2.05, 4.69) is 0 Å². The van der Waals surface area contributed by atoms with Gasteiger partial charge in [-0.1, -0.05) is 78.9 Å². The van der Waals surface area contributed by atoms with Crippen molar-refractivity contribution in [3.05, 3.63) is 102 Å². The zero-order chi connectivity index (χ0) is 26.6. The SMILES string of the molecule is CC(=O)CC(=O)N1c2ccccc2[C@H]2C[C@@H](C(=O)OCc3ccccc3)N(C(=O)OCc3ccccc3)[C@H]21. The number of ether oxygens (including phenoxy) is 2. The van der Waals surface area contributed by atoms with E-state index in [1.165, 1.54) is 16.7 Å². The molecule has 0 radical (unpaired) electrons. The van der Waals surface area contributed by atoms with Crippen molar-refractivity contribution in [2.45, 2.75) is 51.1 Å². The van der Waals surface area contributed by atoms with Crippen LogP contribution in [0, 0.1) is 0 Å². The molecule has 8 nitrogen and oxygen atoms in total. The fourth-order valence-corrected chi connectivity index (χ4v) is 5.25. The zero-order valence-corrected chi connectivity index (χ0v) is 21.0. The van der Waals surface area contributed by atoms with Gasteiger partial charge in [-0.25, -0.2) is 9.59 Å². The van der Waals surface area contributed by atoms with Crippen molar-refractivity contribution in [1.29, 1.82) is 0 Å². The van der Waals surface area contributed by atoms with Gasteiger partial charge in [0, 0.05) is 11.6 Å². The summed E-state index contributed by atoms with van der Waals surface area (Å²) in [7, 11) is 0. The molecule has 1 saturated heterocycles. The number of carbonyl (C=O) groups excluding carboxylic acids is 4. The fourth-order valence-electron chi connectivity index (χ4n) is 5.25. The van der Waals surface area contributed by atoms with Crippen molar-refractivity contribution in [1.82, 2.24) is 4.90 Å². The molecular formula is C30H28N2O6. The number of likely N-dealkylation sites (tertiary alicyclic amines) is 1. The molecule has 8 heteroatoms. The van der Waals surface area contributed by atoms with Crippen LogP contribution in [-0.2, 0) is 37.1 Å². The van der Waals surface area contributed by atoms with Crippen LogP contribution in [0.25, 0.3) is 0 Å². The second-order valence-corrected chi connectivity index (χ2v) is 9.51. The largest absolute Gasteiger partial charge is 0.459 e. The molecule has 0 N–H and O–H groups in total. The van der Waals surface area contributed by atoms with Crippen LogP contribution in [-0.4, -0.2) is 40.9 Å². The molecule has 0 unspecified atom stereocenters. The Labute approximate surface area is 220 Å². The molecule has 3 aromatic carbocycles. The highest BCUT2D eigenvalue weighted by Crippen LogP contribution is 2.50. The first-order valence-corrected chi connectivity index (χ1v) is 12.5. The predicted molar refractivity (Wildman–Crippen MR) is 139 cm³/mol. The van der Waals surface area contributed by atoms with E-state index in [4.69, 9.17) is 9.47 Å². The summed E-state index contributed by atoms with van der Waals surface area (Å²) in [6, 6.07) is 24.9. The van der Waals surface area contributed by atoms with Crippen LogP contribution < -0.4 is 4.90 Å². The lowest BCUT2D eigenvalue weighted by Crippen LogP contribution is -2.54. The van der Waals surface area contributed by atoms with E-state index < -0.39 is 30.2 Å². The minimum atomic E-state index is -0.960. The molecular weight excluding hydrogens is 484 g/mol. The Morgan fingerprint density at radius 2 is 1.37 bits per heavy atom.